The molecule has 0 atom stereocenters. The number of nitrogens with zero attached hydrogens (tertiary/aromatic N) is 2. The van der Waals surface area contributed by atoms with Crippen molar-refractivity contribution in [2.24, 2.45) is 0 Å². The summed E-state index contributed by atoms with van der Waals surface area (Å²) in [5.74, 6) is 0.766. The van der Waals surface area contributed by atoms with Crippen LogP contribution in [0, 0.1) is 0 Å². The molecular formula is C9H16N2O2. The standard InChI is InChI=1S/C9H16N2O2/c1-3-5-11-8(4-6-12)9(13-2)7-10-11/h7,12H,3-6H2,1-2H3. The van der Waals surface area contributed by atoms with Crippen molar-refractivity contribution < 1.29 is 9.84 Å². The summed E-state index contributed by atoms with van der Waals surface area (Å²) >= 11 is 0. The average molecular weight is 184 g/mol. The van der Waals surface area contributed by atoms with Gasteiger partial charge in [0.05, 0.1) is 19.0 Å². The Balaban J connectivity index is 2.85. The summed E-state index contributed by atoms with van der Waals surface area (Å²) in [5, 5.41) is 13.0. The van der Waals surface area contributed by atoms with E-state index in [1.807, 2.05) is 4.68 Å². The number of hydrogen-bond acceptors (Lipinski definition) is 3. The number of aliphatic hydroxyl groups is 1. The summed E-state index contributed by atoms with van der Waals surface area (Å²) < 4.78 is 7.01. The molecule has 0 amide bonds. The van der Waals surface area contributed by atoms with Crippen LogP contribution in [0.25, 0.3) is 0 Å². The minimum Gasteiger partial charge on any atom is -0.493 e. The molecule has 1 rings (SSSR count). The summed E-state index contributed by atoms with van der Waals surface area (Å²) in [6.45, 7) is 3.10. The molecule has 1 aromatic heterocycles. The average Bonchev–Trinajstić information content (AvgIpc) is 2.50. The van der Waals surface area contributed by atoms with Crippen molar-refractivity contribution in [3.63, 3.8) is 0 Å². The zero-order valence-corrected chi connectivity index (χ0v) is 8.16. The lowest BCUT2D eigenvalue weighted by atomic mass is 10.3. The highest BCUT2D eigenvalue weighted by Gasteiger charge is 2.09. The van der Waals surface area contributed by atoms with Crippen LogP contribution in [0.2, 0.25) is 0 Å². The molecule has 0 bridgehead atoms. The van der Waals surface area contributed by atoms with Crippen LogP contribution in [-0.4, -0.2) is 28.6 Å². The Morgan fingerprint density at radius 3 is 2.92 bits per heavy atom. The van der Waals surface area contributed by atoms with Gasteiger partial charge in [-0.1, -0.05) is 6.92 Å². The number of aryl methyl sites for hydroxylation is 1. The van der Waals surface area contributed by atoms with E-state index < -0.39 is 0 Å². The fourth-order valence-electron chi connectivity index (χ4n) is 1.33. The van der Waals surface area contributed by atoms with Crippen molar-refractivity contribution in [1.29, 1.82) is 0 Å². The molecule has 0 fully saturated rings. The number of aromatic nitrogens is 2. The first-order chi connectivity index (χ1) is 6.33. The summed E-state index contributed by atoms with van der Waals surface area (Å²) in [5.41, 5.74) is 0.979. The topological polar surface area (TPSA) is 47.3 Å². The van der Waals surface area contributed by atoms with E-state index in [1.54, 1.807) is 13.3 Å². The van der Waals surface area contributed by atoms with Gasteiger partial charge in [0, 0.05) is 19.6 Å². The van der Waals surface area contributed by atoms with E-state index in [0.717, 1.165) is 24.4 Å². The highest BCUT2D eigenvalue weighted by molar-refractivity contribution is 5.25. The molecule has 0 radical (unpaired) electrons. The van der Waals surface area contributed by atoms with Gasteiger partial charge in [-0.15, -0.1) is 0 Å². The van der Waals surface area contributed by atoms with Gasteiger partial charge in [-0.25, -0.2) is 0 Å². The molecule has 74 valence electrons. The third-order valence-electron chi connectivity index (χ3n) is 1.91. The number of ether oxygens (including phenoxy) is 1. The molecule has 0 aliphatic heterocycles. The molecule has 1 N–H and O–H groups in total. The predicted molar refractivity (Wildman–Crippen MR) is 49.9 cm³/mol. The fourth-order valence-corrected chi connectivity index (χ4v) is 1.33. The smallest absolute Gasteiger partial charge is 0.160 e. The molecule has 13 heavy (non-hydrogen) atoms. The molecule has 0 aliphatic carbocycles. The van der Waals surface area contributed by atoms with Gasteiger partial charge >= 0.3 is 0 Å². The van der Waals surface area contributed by atoms with Gasteiger partial charge in [-0.05, 0) is 6.42 Å². The Morgan fingerprint density at radius 1 is 1.62 bits per heavy atom. The Labute approximate surface area is 78.1 Å². The largest absolute Gasteiger partial charge is 0.493 e. The van der Waals surface area contributed by atoms with Gasteiger partial charge in [-0.2, -0.15) is 5.10 Å². The normalized spacial score (nSPS) is 10.4. The van der Waals surface area contributed by atoms with Crippen molar-refractivity contribution in [2.75, 3.05) is 13.7 Å². The quantitative estimate of drug-likeness (QED) is 0.737. The van der Waals surface area contributed by atoms with Gasteiger partial charge < -0.3 is 9.84 Å². The first-order valence-corrected chi connectivity index (χ1v) is 4.53. The van der Waals surface area contributed by atoms with Gasteiger partial charge in [0.25, 0.3) is 0 Å². The lowest BCUT2D eigenvalue weighted by Gasteiger charge is -2.05. The molecular weight excluding hydrogens is 168 g/mol. The SMILES string of the molecule is CCCn1ncc(OC)c1CCO. The van der Waals surface area contributed by atoms with E-state index in [-0.39, 0.29) is 6.61 Å². The Morgan fingerprint density at radius 2 is 2.38 bits per heavy atom. The summed E-state index contributed by atoms with van der Waals surface area (Å²) in [7, 11) is 1.62. The first kappa shape index (κ1) is 10.1. The maximum absolute atomic E-state index is 8.85. The van der Waals surface area contributed by atoms with E-state index in [4.69, 9.17) is 9.84 Å². The molecule has 1 heterocycles. The molecule has 1 aromatic rings. The zero-order chi connectivity index (χ0) is 9.68. The van der Waals surface area contributed by atoms with Crippen molar-refractivity contribution in [3.05, 3.63) is 11.9 Å². The molecule has 0 unspecified atom stereocenters. The lowest BCUT2D eigenvalue weighted by molar-refractivity contribution is 0.292. The van der Waals surface area contributed by atoms with Gasteiger partial charge in [0.1, 0.15) is 0 Å². The minimum atomic E-state index is 0.131. The highest BCUT2D eigenvalue weighted by atomic mass is 16.5. The van der Waals surface area contributed by atoms with E-state index in [2.05, 4.69) is 12.0 Å². The zero-order valence-electron chi connectivity index (χ0n) is 8.16. The lowest BCUT2D eigenvalue weighted by Crippen LogP contribution is -2.06. The van der Waals surface area contributed by atoms with Crippen molar-refractivity contribution >= 4 is 0 Å². The third kappa shape index (κ3) is 2.21. The molecule has 0 saturated heterocycles. The molecule has 0 saturated carbocycles. The van der Waals surface area contributed by atoms with E-state index in [0.29, 0.717) is 6.42 Å². The Kier molecular flexibility index (Phi) is 3.76. The number of aliphatic hydroxyl groups excluding tert-OH is 1. The van der Waals surface area contributed by atoms with Crippen LogP contribution in [0.15, 0.2) is 6.20 Å². The highest BCUT2D eigenvalue weighted by Crippen LogP contribution is 2.17. The van der Waals surface area contributed by atoms with Crippen molar-refractivity contribution in [2.45, 2.75) is 26.3 Å². The first-order valence-electron chi connectivity index (χ1n) is 4.53. The predicted octanol–water partition coefficient (Wildman–Crippen LogP) is 0.837. The summed E-state index contributed by atoms with van der Waals surface area (Å²) in [6.07, 6.45) is 3.33. The van der Waals surface area contributed by atoms with E-state index >= 15 is 0 Å². The summed E-state index contributed by atoms with van der Waals surface area (Å²) in [6, 6.07) is 0. The fraction of sp³-hybridized carbons (Fsp3) is 0.667. The van der Waals surface area contributed by atoms with Crippen molar-refractivity contribution in [1.82, 2.24) is 9.78 Å². The second-order valence-electron chi connectivity index (χ2n) is 2.86. The molecule has 4 nitrogen and oxygen atoms in total. The van der Waals surface area contributed by atoms with Crippen LogP contribution in [-0.2, 0) is 13.0 Å². The van der Waals surface area contributed by atoms with Crippen LogP contribution in [0.3, 0.4) is 0 Å². The third-order valence-corrected chi connectivity index (χ3v) is 1.91. The minimum absolute atomic E-state index is 0.131. The van der Waals surface area contributed by atoms with Crippen molar-refractivity contribution in [3.8, 4) is 5.75 Å². The van der Waals surface area contributed by atoms with Gasteiger partial charge in [0.2, 0.25) is 0 Å². The van der Waals surface area contributed by atoms with E-state index in [1.165, 1.54) is 0 Å². The molecule has 4 heteroatoms. The second kappa shape index (κ2) is 4.87. The molecule has 0 spiro atoms. The van der Waals surface area contributed by atoms with Crippen LogP contribution >= 0.6 is 0 Å². The summed E-state index contributed by atoms with van der Waals surface area (Å²) in [4.78, 5) is 0. The van der Waals surface area contributed by atoms with Crippen LogP contribution in [0.4, 0.5) is 0 Å². The molecule has 0 aliphatic rings. The van der Waals surface area contributed by atoms with Crippen LogP contribution in [0.5, 0.6) is 5.75 Å². The van der Waals surface area contributed by atoms with E-state index in [9.17, 15) is 0 Å². The Bertz CT molecular complexity index is 258. The monoisotopic (exact) mass is 184 g/mol. The second-order valence-corrected chi connectivity index (χ2v) is 2.86. The number of methoxy groups -OCH3 is 1. The maximum Gasteiger partial charge on any atom is 0.160 e. The maximum atomic E-state index is 8.85. The van der Waals surface area contributed by atoms with Gasteiger partial charge in [-0.3, -0.25) is 4.68 Å². The Hall–Kier alpha value is -1.03. The number of hydrogen-bond donors (Lipinski definition) is 1. The molecule has 0 aromatic carbocycles. The van der Waals surface area contributed by atoms with Gasteiger partial charge in [0.15, 0.2) is 5.75 Å². The number of rotatable bonds is 5. The van der Waals surface area contributed by atoms with Crippen LogP contribution in [0.1, 0.15) is 19.0 Å². The van der Waals surface area contributed by atoms with Crippen LogP contribution < -0.4 is 4.74 Å².